The molecular weight excluding hydrogens is 368 g/mol. The maximum atomic E-state index is 12.5. The van der Waals surface area contributed by atoms with E-state index < -0.39 is 0 Å². The van der Waals surface area contributed by atoms with Gasteiger partial charge in [-0.3, -0.25) is 9.69 Å². The maximum Gasteiger partial charge on any atom is 0.273 e. The van der Waals surface area contributed by atoms with E-state index in [1.54, 1.807) is 6.07 Å². The van der Waals surface area contributed by atoms with Crippen LogP contribution in [0.2, 0.25) is 0 Å². The molecular formula is C22H36N4O3. The molecule has 4 rings (SSSR count). The number of piperidine rings is 1. The summed E-state index contributed by atoms with van der Waals surface area (Å²) in [6.45, 7) is 4.15. The zero-order chi connectivity index (χ0) is 20.2. The summed E-state index contributed by atoms with van der Waals surface area (Å²) in [5.41, 5.74) is 0.406. The number of amides is 1. The van der Waals surface area contributed by atoms with E-state index >= 15 is 0 Å². The molecule has 2 aliphatic heterocycles. The molecule has 0 spiro atoms. The Balaban J connectivity index is 1.24. The van der Waals surface area contributed by atoms with Gasteiger partial charge in [0, 0.05) is 49.7 Å². The van der Waals surface area contributed by atoms with Crippen molar-refractivity contribution in [3.63, 3.8) is 0 Å². The van der Waals surface area contributed by atoms with Crippen LogP contribution in [-0.2, 0) is 6.42 Å². The summed E-state index contributed by atoms with van der Waals surface area (Å²) in [5.74, 6) is 1.45. The first-order valence-corrected chi connectivity index (χ1v) is 11.5. The average molecular weight is 405 g/mol. The number of nitrogens with zero attached hydrogens (tertiary/aromatic N) is 2. The number of hydrogen-bond acceptors (Lipinski definition) is 6. The zero-order valence-electron chi connectivity index (χ0n) is 17.6. The lowest BCUT2D eigenvalue weighted by molar-refractivity contribution is 0.0742. The second kappa shape index (κ2) is 9.58. The third-order valence-electron chi connectivity index (χ3n) is 7.22. The number of aryl methyl sites for hydroxylation is 1. The molecule has 1 aromatic rings. The lowest BCUT2D eigenvalue weighted by atomic mass is 9.84. The van der Waals surface area contributed by atoms with Crippen LogP contribution in [0.1, 0.15) is 74.5 Å². The maximum absolute atomic E-state index is 12.5. The molecule has 3 N–H and O–H groups in total. The van der Waals surface area contributed by atoms with Crippen molar-refractivity contribution >= 4 is 5.91 Å². The standard InChI is InChI=1S/C22H36N4O3/c1-2-20-13-21(25-29-20)22(28)24-17-11-18-7-8-19(12-17)26(18)14-15-3-5-16(6-4-15)23-9-10-27/h13,15-19,23,27H,2-12,14H2,1H3,(H,24,28)/t15-,16+,17-,18+,19-. The van der Waals surface area contributed by atoms with Crippen LogP contribution in [0, 0.1) is 5.92 Å². The Kier molecular flexibility index (Phi) is 6.88. The highest BCUT2D eigenvalue weighted by Crippen LogP contribution is 2.38. The molecule has 2 bridgehead atoms. The van der Waals surface area contributed by atoms with E-state index in [1.807, 2.05) is 6.92 Å². The fourth-order valence-electron chi connectivity index (χ4n) is 5.65. The number of rotatable bonds is 8. The summed E-state index contributed by atoms with van der Waals surface area (Å²) in [5, 5.41) is 19.5. The molecule has 0 radical (unpaired) electrons. The molecule has 29 heavy (non-hydrogen) atoms. The normalized spacial score (nSPS) is 32.4. The van der Waals surface area contributed by atoms with Crippen molar-refractivity contribution in [2.45, 2.75) is 88.9 Å². The molecule has 3 aliphatic rings. The molecule has 1 saturated carbocycles. The number of aromatic nitrogens is 1. The van der Waals surface area contributed by atoms with Crippen LogP contribution in [-0.4, -0.2) is 64.9 Å². The second-order valence-corrected chi connectivity index (χ2v) is 9.15. The van der Waals surface area contributed by atoms with Gasteiger partial charge in [-0.15, -0.1) is 0 Å². The lowest BCUT2D eigenvalue weighted by Gasteiger charge is -2.42. The number of aliphatic hydroxyl groups excluding tert-OH is 1. The van der Waals surface area contributed by atoms with Crippen LogP contribution < -0.4 is 10.6 Å². The first kappa shape index (κ1) is 20.8. The summed E-state index contributed by atoms with van der Waals surface area (Å²) in [4.78, 5) is 15.3. The summed E-state index contributed by atoms with van der Waals surface area (Å²) < 4.78 is 5.17. The Labute approximate surface area is 173 Å². The zero-order valence-corrected chi connectivity index (χ0v) is 17.6. The van der Waals surface area contributed by atoms with Gasteiger partial charge in [0.1, 0.15) is 5.76 Å². The quantitative estimate of drug-likeness (QED) is 0.615. The van der Waals surface area contributed by atoms with Crippen LogP contribution in [0.3, 0.4) is 0 Å². The Hall–Kier alpha value is -1.44. The van der Waals surface area contributed by atoms with E-state index in [0.29, 0.717) is 30.4 Å². The molecule has 1 aliphatic carbocycles. The monoisotopic (exact) mass is 404 g/mol. The van der Waals surface area contributed by atoms with E-state index in [4.69, 9.17) is 9.63 Å². The molecule has 1 amide bonds. The number of carbonyl (C=O) groups excluding carboxylic acids is 1. The topological polar surface area (TPSA) is 90.6 Å². The summed E-state index contributed by atoms with van der Waals surface area (Å²) in [6.07, 6.45) is 10.4. The lowest BCUT2D eigenvalue weighted by Crippen LogP contribution is -2.52. The van der Waals surface area contributed by atoms with Crippen molar-refractivity contribution in [1.82, 2.24) is 20.7 Å². The first-order chi connectivity index (χ1) is 14.2. The summed E-state index contributed by atoms with van der Waals surface area (Å²) in [6, 6.07) is 3.79. The van der Waals surface area contributed by atoms with Crippen molar-refractivity contribution in [2.24, 2.45) is 5.92 Å². The van der Waals surface area contributed by atoms with Crippen molar-refractivity contribution in [3.05, 3.63) is 17.5 Å². The molecule has 0 unspecified atom stereocenters. The van der Waals surface area contributed by atoms with Gasteiger partial charge in [0.2, 0.25) is 0 Å². The molecule has 7 heteroatoms. The van der Waals surface area contributed by atoms with E-state index in [9.17, 15) is 4.79 Å². The number of nitrogens with one attached hydrogen (secondary N) is 2. The second-order valence-electron chi connectivity index (χ2n) is 9.15. The molecule has 3 fully saturated rings. The van der Waals surface area contributed by atoms with Crippen molar-refractivity contribution < 1.29 is 14.4 Å². The van der Waals surface area contributed by atoms with Crippen LogP contribution in [0.4, 0.5) is 0 Å². The summed E-state index contributed by atoms with van der Waals surface area (Å²) >= 11 is 0. The Bertz CT molecular complexity index is 657. The molecule has 2 saturated heterocycles. The van der Waals surface area contributed by atoms with Gasteiger partial charge in [-0.2, -0.15) is 0 Å². The molecule has 3 heterocycles. The van der Waals surface area contributed by atoms with Crippen molar-refractivity contribution in [3.8, 4) is 0 Å². The molecule has 0 aromatic carbocycles. The van der Waals surface area contributed by atoms with Gasteiger partial charge in [-0.25, -0.2) is 0 Å². The fraction of sp³-hybridized carbons (Fsp3) is 0.818. The van der Waals surface area contributed by atoms with E-state index in [2.05, 4.69) is 20.7 Å². The molecule has 3 atom stereocenters. The third kappa shape index (κ3) is 5.01. The van der Waals surface area contributed by atoms with Crippen LogP contribution >= 0.6 is 0 Å². The summed E-state index contributed by atoms with van der Waals surface area (Å²) in [7, 11) is 0. The van der Waals surface area contributed by atoms with Gasteiger partial charge < -0.3 is 20.3 Å². The van der Waals surface area contributed by atoms with E-state index in [0.717, 1.165) is 30.9 Å². The van der Waals surface area contributed by atoms with Gasteiger partial charge in [0.25, 0.3) is 5.91 Å². The predicted molar refractivity (Wildman–Crippen MR) is 111 cm³/mol. The number of aliphatic hydroxyl groups is 1. The van der Waals surface area contributed by atoms with Crippen molar-refractivity contribution in [1.29, 1.82) is 0 Å². The van der Waals surface area contributed by atoms with Crippen LogP contribution in [0.5, 0.6) is 0 Å². The minimum absolute atomic E-state index is 0.0972. The molecule has 1 aromatic heterocycles. The molecule has 7 nitrogen and oxygen atoms in total. The Morgan fingerprint density at radius 3 is 2.52 bits per heavy atom. The van der Waals surface area contributed by atoms with E-state index in [1.165, 1.54) is 45.1 Å². The van der Waals surface area contributed by atoms with Crippen LogP contribution in [0.25, 0.3) is 0 Å². The Morgan fingerprint density at radius 2 is 1.90 bits per heavy atom. The first-order valence-electron chi connectivity index (χ1n) is 11.5. The highest BCUT2D eigenvalue weighted by Gasteiger charge is 2.42. The average Bonchev–Trinajstić information content (AvgIpc) is 3.30. The van der Waals surface area contributed by atoms with Gasteiger partial charge in [0.05, 0.1) is 6.61 Å². The van der Waals surface area contributed by atoms with Gasteiger partial charge in [-0.05, 0) is 57.3 Å². The van der Waals surface area contributed by atoms with Gasteiger partial charge >= 0.3 is 0 Å². The minimum Gasteiger partial charge on any atom is -0.395 e. The van der Waals surface area contributed by atoms with Gasteiger partial charge in [-0.1, -0.05) is 12.1 Å². The van der Waals surface area contributed by atoms with Crippen molar-refractivity contribution in [2.75, 3.05) is 19.7 Å². The minimum atomic E-state index is -0.0972. The van der Waals surface area contributed by atoms with Crippen LogP contribution in [0.15, 0.2) is 10.6 Å². The predicted octanol–water partition coefficient (Wildman–Crippen LogP) is 2.10. The Morgan fingerprint density at radius 1 is 1.17 bits per heavy atom. The van der Waals surface area contributed by atoms with E-state index in [-0.39, 0.29) is 18.6 Å². The molecule has 162 valence electrons. The number of fused-ring (bicyclic) bond motifs is 2. The number of carbonyl (C=O) groups is 1. The number of hydrogen-bond donors (Lipinski definition) is 3. The SMILES string of the molecule is CCc1cc(C(=O)N[C@H]2C[C@H]3CC[C@@H](C2)N3C[C@H]2CC[C@@H](NCCO)CC2)no1. The fourth-order valence-corrected chi connectivity index (χ4v) is 5.65. The largest absolute Gasteiger partial charge is 0.395 e. The highest BCUT2D eigenvalue weighted by molar-refractivity contribution is 5.92. The third-order valence-corrected chi connectivity index (χ3v) is 7.22. The van der Waals surface area contributed by atoms with Gasteiger partial charge in [0.15, 0.2) is 5.69 Å². The highest BCUT2D eigenvalue weighted by atomic mass is 16.5. The smallest absolute Gasteiger partial charge is 0.273 e.